The number of sulfonamides is 2. The normalized spacial score (nSPS) is 14.1. The van der Waals surface area contributed by atoms with E-state index in [0.717, 1.165) is 30.4 Å². The van der Waals surface area contributed by atoms with Crippen molar-refractivity contribution in [1.29, 1.82) is 0 Å². The molecule has 0 unspecified atom stereocenters. The minimum Gasteiger partial charge on any atom is -0.744 e. The van der Waals surface area contributed by atoms with Gasteiger partial charge in [0.1, 0.15) is 32.1 Å². The summed E-state index contributed by atoms with van der Waals surface area (Å²) in [6.07, 6.45) is 1.67. The third-order valence-electron chi connectivity index (χ3n) is 10.5. The molecular weight excluding hydrogens is 965 g/mol. The molecule has 67 heavy (non-hydrogen) atoms. The second kappa shape index (κ2) is 19.5. The van der Waals surface area contributed by atoms with Gasteiger partial charge in [0, 0.05) is 28.3 Å². The summed E-state index contributed by atoms with van der Waals surface area (Å²) < 4.78 is 106. The molecule has 23 heteroatoms. The van der Waals surface area contributed by atoms with Crippen LogP contribution >= 0.6 is 12.0 Å². The van der Waals surface area contributed by atoms with Crippen LogP contribution in [0.3, 0.4) is 0 Å². The predicted octanol–water partition coefficient (Wildman–Crippen LogP) is 1.58. The van der Waals surface area contributed by atoms with Gasteiger partial charge in [-0.1, -0.05) is 77.1 Å². The van der Waals surface area contributed by atoms with Gasteiger partial charge in [-0.15, -0.1) is 0 Å². The Balaban J connectivity index is 0.00000370. The van der Waals surface area contributed by atoms with Crippen molar-refractivity contribution in [3.63, 3.8) is 0 Å². The van der Waals surface area contributed by atoms with Crippen LogP contribution < -0.4 is 83.9 Å². The molecule has 0 saturated heterocycles. The molecular formula is C44H39N5Na2O12S4. The smallest absolute Gasteiger partial charge is 0.744 e. The van der Waals surface area contributed by atoms with Crippen molar-refractivity contribution in [3.8, 4) is 22.6 Å². The number of ether oxygens (including phenoxy) is 1. The first-order valence-electron chi connectivity index (χ1n) is 19.6. The first-order valence-corrected chi connectivity index (χ1v) is 25.1. The fourth-order valence-electron chi connectivity index (χ4n) is 8.36. The molecule has 1 aromatic heterocycles. The van der Waals surface area contributed by atoms with Gasteiger partial charge < -0.3 is 19.9 Å². The molecule has 2 heterocycles. The minimum atomic E-state index is -4.84. The quantitative estimate of drug-likeness (QED) is 0.0488. The molecule has 1 aliphatic heterocycles. The molecule has 6 aromatic rings. The van der Waals surface area contributed by atoms with Gasteiger partial charge in [0.25, 0.3) is 10.0 Å². The number of aromatic nitrogens is 1. The Hall–Kier alpha value is -3.91. The van der Waals surface area contributed by atoms with Crippen LogP contribution in [-0.4, -0.2) is 52.7 Å². The zero-order valence-corrected chi connectivity index (χ0v) is 44.6. The number of anilines is 3. The van der Waals surface area contributed by atoms with E-state index in [-0.39, 0.29) is 159 Å². The van der Waals surface area contributed by atoms with Gasteiger partial charge in [0.05, 0.1) is 50.6 Å². The van der Waals surface area contributed by atoms with Gasteiger partial charge in [-0.05, 0) is 76.9 Å². The molecule has 1 aliphatic carbocycles. The number of carbonyl (C=O) groups is 1. The van der Waals surface area contributed by atoms with Crippen LogP contribution in [0, 0.1) is 5.41 Å². The average Bonchev–Trinajstić information content (AvgIpc) is 3.21. The van der Waals surface area contributed by atoms with E-state index in [1.165, 1.54) is 42.5 Å². The molecule has 0 radical (unpaired) electrons. The maximum absolute atomic E-state index is 14.7. The van der Waals surface area contributed by atoms with Gasteiger partial charge in [0.2, 0.25) is 10.0 Å². The van der Waals surface area contributed by atoms with E-state index in [0.29, 0.717) is 12.0 Å². The number of hydrogen-bond acceptors (Lipinski definition) is 16. The Morgan fingerprint density at radius 3 is 2.12 bits per heavy atom. The molecule has 338 valence electrons. The number of amidine groups is 1. The zero-order chi connectivity index (χ0) is 46.9. The van der Waals surface area contributed by atoms with E-state index in [1.54, 1.807) is 36.4 Å². The van der Waals surface area contributed by atoms with Crippen molar-refractivity contribution in [2.75, 3.05) is 16.3 Å². The van der Waals surface area contributed by atoms with Gasteiger partial charge in [-0.3, -0.25) is 19.3 Å². The largest absolute Gasteiger partial charge is 1.00 e. The number of carbonyl (C=O) groups excluding carboxylic acids is 1. The minimum absolute atomic E-state index is 0. The number of nitrogens with one attached hydrogen (secondary N) is 3. The molecule has 0 bridgehead atoms. The summed E-state index contributed by atoms with van der Waals surface area (Å²) in [5.41, 5.74) is 0.884. The summed E-state index contributed by atoms with van der Waals surface area (Å²) in [6, 6.07) is 23.7. The Kier molecular flexibility index (Phi) is 15.2. The van der Waals surface area contributed by atoms with E-state index in [1.807, 2.05) is 6.07 Å². The fraction of sp³-hybridized carbons (Fsp3) is 0.205. The number of ketones is 1. The molecule has 0 fully saturated rings. The number of rotatable bonds is 13. The average molecular weight is 1000 g/mol. The van der Waals surface area contributed by atoms with Crippen molar-refractivity contribution < 1.29 is 113 Å². The second-order valence-electron chi connectivity index (χ2n) is 17.2. The maximum Gasteiger partial charge on any atom is 1.00 e. The monoisotopic (exact) mass is 1000 g/mol. The molecule has 17 nitrogen and oxygen atoms in total. The van der Waals surface area contributed by atoms with Gasteiger partial charge in [-0.2, -0.15) is 4.33 Å². The van der Waals surface area contributed by atoms with Crippen LogP contribution in [0.1, 0.15) is 68.1 Å². The number of pyridine rings is 1. The van der Waals surface area contributed by atoms with Crippen LogP contribution in [0.5, 0.6) is 11.5 Å². The first kappa shape index (κ1) is 52.5. The second-order valence-corrected chi connectivity index (χ2v) is 22.7. The number of para-hydroxylation sites is 1. The van der Waals surface area contributed by atoms with Gasteiger partial charge in [-0.25, -0.2) is 35.2 Å². The van der Waals surface area contributed by atoms with Crippen LogP contribution in [0.15, 0.2) is 117 Å². The van der Waals surface area contributed by atoms with Crippen molar-refractivity contribution in [2.24, 2.45) is 10.4 Å². The first-order chi connectivity index (χ1) is 30.4. The van der Waals surface area contributed by atoms with Crippen LogP contribution in [0.25, 0.3) is 22.0 Å². The van der Waals surface area contributed by atoms with E-state index in [2.05, 4.69) is 54.4 Å². The molecule has 2 aliphatic rings. The summed E-state index contributed by atoms with van der Waals surface area (Å²) in [4.78, 5) is 24.1. The molecule has 0 amide bonds. The molecule has 3 N–H and O–H groups in total. The Morgan fingerprint density at radius 1 is 0.821 bits per heavy atom. The molecule has 0 spiro atoms. The zero-order valence-electron chi connectivity index (χ0n) is 37.4. The third kappa shape index (κ3) is 10.9. The Labute approximate surface area is 436 Å². The van der Waals surface area contributed by atoms with E-state index < -0.39 is 40.8 Å². The number of nitrogens with zero attached hydrogens (tertiary/aromatic N) is 2. The SMILES string of the molecule is CC(C)(C)CC(C)(C)c1ccc(Oc2cc(NS(C)(=O)=O)c3c4c(c(C5=Nc6ccccc6S(=O)(=O)N5)c(Nc5ccc(S(=O)(=O)[O-])cc5)nc24)-c2ccccc2C3=O)c(SOO[O-])c1.[Na+].[Na+]. The standard InChI is InChI=1S/C44H41N5O12S4.2Na/c1-43(2,3)23-44(4,5)24-15-20-31(33(21-24)62-61-60-51)59-32-22-30(48-63(6,52)53)36-37-35(27-11-7-8-12-28(27)40(36)50)38(42-46-29-13-9-10-14-34(29)64(54,55)49-42)41(47-39(32)37)45-25-16-18-26(19-17-25)65(56,57)58;;/h7-22,48,51H,23H2,1-6H3,(H,45,47)(H,46,49)(H,56,57,58);;/q;2*+1/p-2. The number of aliphatic imine (C=N–C) groups is 1. The van der Waals surface area contributed by atoms with Crippen molar-refractivity contribution in [2.45, 2.75) is 61.1 Å². The van der Waals surface area contributed by atoms with Crippen LogP contribution in [0.4, 0.5) is 22.9 Å². The van der Waals surface area contributed by atoms with Crippen molar-refractivity contribution in [1.82, 2.24) is 9.71 Å². The summed E-state index contributed by atoms with van der Waals surface area (Å²) in [5.74, 6) is -0.948. The van der Waals surface area contributed by atoms with E-state index in [4.69, 9.17) is 19.0 Å². The summed E-state index contributed by atoms with van der Waals surface area (Å²) in [5, 5.41) is 18.1. The van der Waals surface area contributed by atoms with Crippen molar-refractivity contribution >= 4 is 87.6 Å². The number of benzene rings is 5. The number of hydrogen-bond donors (Lipinski definition) is 3. The van der Waals surface area contributed by atoms with Crippen molar-refractivity contribution in [3.05, 3.63) is 119 Å². The van der Waals surface area contributed by atoms with Gasteiger partial charge >= 0.3 is 59.1 Å². The van der Waals surface area contributed by atoms with E-state index in [9.17, 15) is 39.9 Å². The summed E-state index contributed by atoms with van der Waals surface area (Å²) in [7, 11) is -13.2. The maximum atomic E-state index is 14.7. The predicted molar refractivity (Wildman–Crippen MR) is 241 cm³/mol. The Morgan fingerprint density at radius 2 is 1.48 bits per heavy atom. The fourth-order valence-corrected chi connectivity index (χ4v) is 11.0. The van der Waals surface area contributed by atoms with Crippen LogP contribution in [-0.2, 0) is 45.0 Å². The van der Waals surface area contributed by atoms with Gasteiger partial charge in [0.15, 0.2) is 17.4 Å². The molecule has 8 rings (SSSR count). The topological polar surface area (TPSA) is 255 Å². The van der Waals surface area contributed by atoms with Crippen LogP contribution in [0.2, 0.25) is 0 Å². The van der Waals surface area contributed by atoms with E-state index >= 15 is 0 Å². The summed E-state index contributed by atoms with van der Waals surface area (Å²) in [6.45, 7) is 10.5. The molecule has 5 aromatic carbocycles. The summed E-state index contributed by atoms with van der Waals surface area (Å²) >= 11 is 0.566. The molecule has 0 saturated carbocycles. The third-order valence-corrected chi connectivity index (χ3v) is 14.0. The Bertz CT molecular complexity index is 3350. The molecule has 0 atom stereocenters. The number of fused-ring (bicyclic) bond motifs is 3.